The molecule has 98 valence electrons. The predicted molar refractivity (Wildman–Crippen MR) is 64.0 cm³/mol. The Hall–Kier alpha value is -1.95. The minimum atomic E-state index is -0.884. The molecule has 0 spiro atoms. The van der Waals surface area contributed by atoms with Crippen LogP contribution in [0.4, 0.5) is 0 Å². The first-order valence-corrected chi connectivity index (χ1v) is 5.63. The molecule has 0 aromatic carbocycles. The lowest BCUT2D eigenvalue weighted by Crippen LogP contribution is -2.28. The van der Waals surface area contributed by atoms with Crippen molar-refractivity contribution >= 4 is 11.9 Å². The first kappa shape index (κ1) is 14.1. The number of carbonyl (C=O) groups is 2. The van der Waals surface area contributed by atoms with Crippen LogP contribution in [0.3, 0.4) is 0 Å². The summed E-state index contributed by atoms with van der Waals surface area (Å²) >= 11 is 0. The second kappa shape index (κ2) is 7.39. The molecular weight excluding hydrogens is 236 g/mol. The Morgan fingerprint density at radius 2 is 1.56 bits per heavy atom. The summed E-state index contributed by atoms with van der Waals surface area (Å²) in [6, 6.07) is 3.66. The minimum absolute atomic E-state index is 0.00467. The number of hydrogen-bond acceptors (Lipinski definition) is 4. The van der Waals surface area contributed by atoms with Crippen molar-refractivity contribution in [1.82, 2.24) is 9.88 Å². The number of pyridine rings is 1. The number of hydrogen-bond donors (Lipinski definition) is 2. The second-order valence-corrected chi connectivity index (χ2v) is 3.92. The second-order valence-electron chi connectivity index (χ2n) is 3.92. The van der Waals surface area contributed by atoms with Gasteiger partial charge in [0.05, 0.1) is 12.8 Å². The monoisotopic (exact) mass is 252 g/mol. The molecule has 0 aliphatic heterocycles. The Morgan fingerprint density at radius 1 is 1.06 bits per heavy atom. The molecule has 0 atom stereocenters. The van der Waals surface area contributed by atoms with Gasteiger partial charge in [-0.25, -0.2) is 0 Å². The molecule has 1 heterocycles. The first-order chi connectivity index (χ1) is 8.58. The fraction of sp³-hybridized carbons (Fsp3) is 0.417. The van der Waals surface area contributed by atoms with Gasteiger partial charge in [0.2, 0.25) is 0 Å². The van der Waals surface area contributed by atoms with Crippen molar-refractivity contribution in [2.75, 3.05) is 13.1 Å². The van der Waals surface area contributed by atoms with Gasteiger partial charge in [0, 0.05) is 32.0 Å². The summed E-state index contributed by atoms with van der Waals surface area (Å²) in [5.41, 5.74) is 0.987. The zero-order valence-electron chi connectivity index (χ0n) is 9.95. The third kappa shape index (κ3) is 5.95. The van der Waals surface area contributed by atoms with Crippen LogP contribution in [0.5, 0.6) is 0 Å². The molecule has 0 aliphatic rings. The molecule has 0 unspecified atom stereocenters. The van der Waals surface area contributed by atoms with E-state index in [1.54, 1.807) is 12.4 Å². The summed E-state index contributed by atoms with van der Waals surface area (Å²) in [6.45, 7) is 1.21. The van der Waals surface area contributed by atoms with Gasteiger partial charge in [-0.2, -0.15) is 0 Å². The first-order valence-electron chi connectivity index (χ1n) is 5.63. The van der Waals surface area contributed by atoms with E-state index in [1.807, 2.05) is 17.0 Å². The van der Waals surface area contributed by atoms with Crippen LogP contribution in [-0.2, 0) is 16.1 Å². The fourth-order valence-electron chi connectivity index (χ4n) is 1.52. The molecule has 0 saturated heterocycles. The highest BCUT2D eigenvalue weighted by Crippen LogP contribution is 2.05. The van der Waals surface area contributed by atoms with Gasteiger partial charge in [-0.05, 0) is 17.7 Å². The number of carboxylic acid groups (broad SMARTS) is 2. The van der Waals surface area contributed by atoms with E-state index in [0.29, 0.717) is 19.6 Å². The molecule has 0 amide bonds. The highest BCUT2D eigenvalue weighted by molar-refractivity contribution is 5.67. The minimum Gasteiger partial charge on any atom is -0.481 e. The normalized spacial score (nSPS) is 10.5. The van der Waals surface area contributed by atoms with E-state index >= 15 is 0 Å². The lowest BCUT2D eigenvalue weighted by molar-refractivity contribution is -0.137. The van der Waals surface area contributed by atoms with Crippen molar-refractivity contribution in [3.63, 3.8) is 0 Å². The van der Waals surface area contributed by atoms with Crippen LogP contribution in [0.2, 0.25) is 0 Å². The van der Waals surface area contributed by atoms with Crippen molar-refractivity contribution in [2.45, 2.75) is 19.4 Å². The molecule has 0 radical (unpaired) electrons. The molecule has 6 nitrogen and oxygen atoms in total. The van der Waals surface area contributed by atoms with E-state index in [2.05, 4.69) is 4.98 Å². The number of nitrogens with zero attached hydrogens (tertiary/aromatic N) is 2. The zero-order valence-corrected chi connectivity index (χ0v) is 9.95. The largest absolute Gasteiger partial charge is 0.481 e. The molecule has 1 aromatic heterocycles. The topological polar surface area (TPSA) is 90.7 Å². The number of carboxylic acids is 2. The maximum absolute atomic E-state index is 10.5. The molecule has 18 heavy (non-hydrogen) atoms. The van der Waals surface area contributed by atoms with Gasteiger partial charge in [-0.15, -0.1) is 0 Å². The van der Waals surface area contributed by atoms with Gasteiger partial charge < -0.3 is 10.2 Å². The highest BCUT2D eigenvalue weighted by atomic mass is 16.4. The average molecular weight is 252 g/mol. The van der Waals surface area contributed by atoms with Gasteiger partial charge in [0.1, 0.15) is 0 Å². The van der Waals surface area contributed by atoms with Crippen LogP contribution < -0.4 is 0 Å². The third-order valence-electron chi connectivity index (χ3n) is 2.44. The molecular formula is C12H16N2O4. The molecule has 0 saturated carbocycles. The standard InChI is InChI=1S/C12H16N2O4/c15-11(16)3-7-14(8-4-12(17)18)9-10-1-5-13-6-2-10/h1-2,5-6H,3-4,7-9H2,(H,15,16)(H,17,18). The predicted octanol–water partition coefficient (Wildman–Crippen LogP) is 0.833. The van der Waals surface area contributed by atoms with E-state index in [1.165, 1.54) is 0 Å². The van der Waals surface area contributed by atoms with Gasteiger partial charge in [-0.1, -0.05) is 0 Å². The Kier molecular flexibility index (Phi) is 5.79. The lowest BCUT2D eigenvalue weighted by Gasteiger charge is -2.20. The number of rotatable bonds is 8. The highest BCUT2D eigenvalue weighted by Gasteiger charge is 2.10. The van der Waals surface area contributed by atoms with Crippen LogP contribution in [0.15, 0.2) is 24.5 Å². The van der Waals surface area contributed by atoms with Crippen LogP contribution >= 0.6 is 0 Å². The maximum atomic E-state index is 10.5. The van der Waals surface area contributed by atoms with E-state index < -0.39 is 11.9 Å². The van der Waals surface area contributed by atoms with Crippen molar-refractivity contribution in [3.8, 4) is 0 Å². The number of aromatic nitrogens is 1. The van der Waals surface area contributed by atoms with Crippen molar-refractivity contribution in [2.24, 2.45) is 0 Å². The van der Waals surface area contributed by atoms with E-state index in [9.17, 15) is 9.59 Å². The Balaban J connectivity index is 2.53. The molecule has 0 aliphatic carbocycles. The van der Waals surface area contributed by atoms with Gasteiger partial charge in [-0.3, -0.25) is 19.5 Å². The Morgan fingerprint density at radius 3 is 2.00 bits per heavy atom. The van der Waals surface area contributed by atoms with Crippen molar-refractivity contribution in [3.05, 3.63) is 30.1 Å². The molecule has 6 heteroatoms. The van der Waals surface area contributed by atoms with Crippen LogP contribution in [0.1, 0.15) is 18.4 Å². The quantitative estimate of drug-likeness (QED) is 0.712. The van der Waals surface area contributed by atoms with Crippen molar-refractivity contribution in [1.29, 1.82) is 0 Å². The van der Waals surface area contributed by atoms with Crippen LogP contribution in [0.25, 0.3) is 0 Å². The van der Waals surface area contributed by atoms with Gasteiger partial charge >= 0.3 is 11.9 Å². The average Bonchev–Trinajstić information content (AvgIpc) is 2.33. The van der Waals surface area contributed by atoms with Crippen LogP contribution in [-0.4, -0.2) is 45.1 Å². The summed E-state index contributed by atoms with van der Waals surface area (Å²) in [5.74, 6) is -1.77. The Labute approximate surface area is 105 Å². The summed E-state index contributed by atoms with van der Waals surface area (Å²) in [4.78, 5) is 26.8. The number of aliphatic carboxylic acids is 2. The summed E-state index contributed by atoms with van der Waals surface area (Å²) in [7, 11) is 0. The maximum Gasteiger partial charge on any atom is 0.304 e. The van der Waals surface area contributed by atoms with Crippen molar-refractivity contribution < 1.29 is 19.8 Å². The van der Waals surface area contributed by atoms with E-state index in [-0.39, 0.29) is 12.8 Å². The molecule has 2 N–H and O–H groups in total. The molecule has 0 bridgehead atoms. The molecule has 0 fully saturated rings. The molecule has 1 aromatic rings. The summed E-state index contributed by atoms with van der Waals surface area (Å²) < 4.78 is 0. The lowest BCUT2D eigenvalue weighted by atomic mass is 10.2. The van der Waals surface area contributed by atoms with Crippen LogP contribution in [0, 0.1) is 0 Å². The zero-order chi connectivity index (χ0) is 13.4. The van der Waals surface area contributed by atoms with Gasteiger partial charge in [0.25, 0.3) is 0 Å². The summed E-state index contributed by atoms with van der Waals surface area (Å²) in [6.07, 6.45) is 3.32. The fourth-order valence-corrected chi connectivity index (χ4v) is 1.52. The Bertz CT molecular complexity index is 376. The summed E-state index contributed by atoms with van der Waals surface area (Å²) in [5, 5.41) is 17.3. The van der Waals surface area contributed by atoms with E-state index in [4.69, 9.17) is 10.2 Å². The molecule has 1 rings (SSSR count). The van der Waals surface area contributed by atoms with Gasteiger partial charge in [0.15, 0.2) is 0 Å². The third-order valence-corrected chi connectivity index (χ3v) is 2.44. The van der Waals surface area contributed by atoms with E-state index in [0.717, 1.165) is 5.56 Å². The SMILES string of the molecule is O=C(O)CCN(CCC(=O)O)Cc1ccncc1. The smallest absolute Gasteiger partial charge is 0.304 e.